The summed E-state index contributed by atoms with van der Waals surface area (Å²) < 4.78 is 5.03. The van der Waals surface area contributed by atoms with Gasteiger partial charge in [-0.05, 0) is 30.5 Å². The number of nitrogens with zero attached hydrogens (tertiary/aromatic N) is 2. The van der Waals surface area contributed by atoms with Crippen molar-refractivity contribution in [1.29, 1.82) is 0 Å². The lowest BCUT2D eigenvalue weighted by Gasteiger charge is -2.22. The van der Waals surface area contributed by atoms with E-state index in [1.165, 1.54) is 0 Å². The first-order chi connectivity index (χ1) is 12.1. The first kappa shape index (κ1) is 17.3. The van der Waals surface area contributed by atoms with E-state index in [2.05, 4.69) is 5.32 Å². The van der Waals surface area contributed by atoms with Crippen LogP contribution in [0.4, 0.5) is 10.5 Å². The highest BCUT2D eigenvalue weighted by Gasteiger charge is 2.23. The van der Waals surface area contributed by atoms with Crippen molar-refractivity contribution in [1.82, 2.24) is 9.80 Å². The van der Waals surface area contributed by atoms with Gasteiger partial charge in [-0.1, -0.05) is 12.1 Å². The summed E-state index contributed by atoms with van der Waals surface area (Å²) >= 11 is 0. The minimum absolute atomic E-state index is 0.00921. The minimum Gasteiger partial charge on any atom is -0.450 e. The zero-order valence-electron chi connectivity index (χ0n) is 14.4. The molecule has 0 bridgehead atoms. The Hall–Kier alpha value is -2.57. The van der Waals surface area contributed by atoms with Crippen molar-refractivity contribution in [2.75, 3.05) is 38.1 Å². The Balaban J connectivity index is 1.58. The number of carbonyl (C=O) groups excluding carboxylic acids is 3. The number of fused-ring (bicyclic) bond motifs is 1. The molecule has 0 aliphatic carbocycles. The molecule has 1 aromatic rings. The quantitative estimate of drug-likeness (QED) is 0.898. The van der Waals surface area contributed by atoms with Gasteiger partial charge in [0.25, 0.3) is 0 Å². The van der Waals surface area contributed by atoms with Gasteiger partial charge in [-0.25, -0.2) is 4.79 Å². The van der Waals surface area contributed by atoms with Gasteiger partial charge in [0.1, 0.15) is 0 Å². The predicted molar refractivity (Wildman–Crippen MR) is 92.3 cm³/mol. The van der Waals surface area contributed by atoms with Crippen molar-refractivity contribution >= 4 is 23.6 Å². The summed E-state index contributed by atoms with van der Waals surface area (Å²) in [5, 5.41) is 2.79. The highest BCUT2D eigenvalue weighted by molar-refractivity contribution is 5.99. The van der Waals surface area contributed by atoms with Gasteiger partial charge in [0.2, 0.25) is 11.8 Å². The normalized spacial score (nSPS) is 16.9. The molecular formula is C18H23N3O4. The maximum Gasteiger partial charge on any atom is 0.409 e. The zero-order valence-corrected chi connectivity index (χ0v) is 14.4. The topological polar surface area (TPSA) is 79.0 Å². The fourth-order valence-corrected chi connectivity index (χ4v) is 3.24. The molecule has 2 aliphatic heterocycles. The zero-order chi connectivity index (χ0) is 17.8. The van der Waals surface area contributed by atoms with Crippen molar-refractivity contribution in [3.8, 4) is 0 Å². The molecule has 3 amide bonds. The van der Waals surface area contributed by atoms with Gasteiger partial charge >= 0.3 is 6.09 Å². The molecule has 2 heterocycles. The van der Waals surface area contributed by atoms with Crippen molar-refractivity contribution in [3.05, 3.63) is 29.3 Å². The number of carbonyl (C=O) groups is 3. The van der Waals surface area contributed by atoms with E-state index in [4.69, 9.17) is 4.74 Å². The molecule has 0 spiro atoms. The SMILES string of the molecule is CCOC(=O)N1CCCN(C(=O)Cc2ccc3c(c2)CC(=O)N3)CC1. The molecular weight excluding hydrogens is 322 g/mol. The highest BCUT2D eigenvalue weighted by atomic mass is 16.6. The molecule has 134 valence electrons. The average Bonchev–Trinajstić information content (AvgIpc) is 2.79. The van der Waals surface area contributed by atoms with Crippen LogP contribution in [0.2, 0.25) is 0 Å². The molecule has 1 fully saturated rings. The minimum atomic E-state index is -0.312. The van der Waals surface area contributed by atoms with Crippen LogP contribution in [0.1, 0.15) is 24.5 Å². The Bertz CT molecular complexity index is 689. The van der Waals surface area contributed by atoms with Gasteiger partial charge in [0, 0.05) is 31.9 Å². The molecule has 1 N–H and O–H groups in total. The van der Waals surface area contributed by atoms with Crippen molar-refractivity contribution in [2.45, 2.75) is 26.2 Å². The highest BCUT2D eigenvalue weighted by Crippen LogP contribution is 2.24. The van der Waals surface area contributed by atoms with Crippen molar-refractivity contribution < 1.29 is 19.1 Å². The smallest absolute Gasteiger partial charge is 0.409 e. The van der Waals surface area contributed by atoms with E-state index in [9.17, 15) is 14.4 Å². The van der Waals surface area contributed by atoms with Crippen LogP contribution >= 0.6 is 0 Å². The maximum absolute atomic E-state index is 12.6. The van der Waals surface area contributed by atoms with Gasteiger partial charge in [-0.2, -0.15) is 0 Å². The van der Waals surface area contributed by atoms with Gasteiger partial charge < -0.3 is 19.9 Å². The summed E-state index contributed by atoms with van der Waals surface area (Å²) in [6.45, 7) is 4.39. The molecule has 2 aliphatic rings. The number of nitrogens with one attached hydrogen (secondary N) is 1. The molecule has 0 aromatic heterocycles. The summed E-state index contributed by atoms with van der Waals surface area (Å²) in [7, 11) is 0. The molecule has 0 atom stereocenters. The first-order valence-electron chi connectivity index (χ1n) is 8.68. The Labute approximate surface area is 146 Å². The van der Waals surface area contributed by atoms with Gasteiger partial charge in [0.05, 0.1) is 19.4 Å². The second-order valence-corrected chi connectivity index (χ2v) is 6.31. The lowest BCUT2D eigenvalue weighted by molar-refractivity contribution is -0.130. The average molecular weight is 345 g/mol. The van der Waals surface area contributed by atoms with Crippen LogP contribution in [-0.2, 0) is 27.2 Å². The Morgan fingerprint density at radius 3 is 2.72 bits per heavy atom. The number of ether oxygens (including phenoxy) is 1. The third-order valence-corrected chi connectivity index (χ3v) is 4.52. The molecule has 7 heteroatoms. The lowest BCUT2D eigenvalue weighted by Crippen LogP contribution is -2.38. The Morgan fingerprint density at radius 1 is 1.16 bits per heavy atom. The standard InChI is InChI=1S/C18H23N3O4/c1-2-25-18(24)21-7-3-6-20(8-9-21)17(23)11-13-4-5-15-14(10-13)12-16(22)19-15/h4-5,10H,2-3,6-9,11-12H2,1H3,(H,19,22). The lowest BCUT2D eigenvalue weighted by atomic mass is 10.1. The van der Waals surface area contributed by atoms with Crippen LogP contribution in [0, 0.1) is 0 Å². The van der Waals surface area contributed by atoms with Gasteiger partial charge in [-0.15, -0.1) is 0 Å². The monoisotopic (exact) mass is 345 g/mol. The van der Waals surface area contributed by atoms with Crippen LogP contribution in [0.15, 0.2) is 18.2 Å². The van der Waals surface area contributed by atoms with Crippen molar-refractivity contribution in [2.24, 2.45) is 0 Å². The summed E-state index contributed by atoms with van der Waals surface area (Å²) in [5.41, 5.74) is 2.69. The molecule has 7 nitrogen and oxygen atoms in total. The number of benzene rings is 1. The maximum atomic E-state index is 12.6. The second kappa shape index (κ2) is 7.55. The molecule has 1 saturated heterocycles. The molecule has 0 saturated carbocycles. The molecule has 0 unspecified atom stereocenters. The van der Waals surface area contributed by atoms with Crippen LogP contribution in [0.25, 0.3) is 0 Å². The Kier molecular flexibility index (Phi) is 5.21. The first-order valence-corrected chi connectivity index (χ1v) is 8.68. The third kappa shape index (κ3) is 4.10. The molecule has 1 aromatic carbocycles. The van der Waals surface area contributed by atoms with Crippen LogP contribution in [0.5, 0.6) is 0 Å². The van der Waals surface area contributed by atoms with Crippen LogP contribution in [0.3, 0.4) is 0 Å². The predicted octanol–water partition coefficient (Wildman–Crippen LogP) is 1.41. The second-order valence-electron chi connectivity index (χ2n) is 6.31. The molecule has 3 rings (SSSR count). The number of amides is 3. The fourth-order valence-electron chi connectivity index (χ4n) is 3.24. The van der Waals surface area contributed by atoms with Crippen LogP contribution < -0.4 is 5.32 Å². The summed E-state index contributed by atoms with van der Waals surface area (Å²) in [4.78, 5) is 39.3. The van der Waals surface area contributed by atoms with E-state index in [-0.39, 0.29) is 17.9 Å². The van der Waals surface area contributed by atoms with Gasteiger partial charge in [-0.3, -0.25) is 9.59 Å². The Morgan fingerprint density at radius 2 is 1.92 bits per heavy atom. The van der Waals surface area contributed by atoms with Gasteiger partial charge in [0.15, 0.2) is 0 Å². The summed E-state index contributed by atoms with van der Waals surface area (Å²) in [6, 6.07) is 5.66. The number of rotatable bonds is 3. The van der Waals surface area contributed by atoms with E-state index in [0.717, 1.165) is 23.2 Å². The summed E-state index contributed by atoms with van der Waals surface area (Å²) in [5.74, 6) is 0.0352. The van der Waals surface area contributed by atoms with E-state index in [0.29, 0.717) is 45.6 Å². The number of hydrogen-bond acceptors (Lipinski definition) is 4. The summed E-state index contributed by atoms with van der Waals surface area (Å²) in [6.07, 6.45) is 1.11. The third-order valence-electron chi connectivity index (χ3n) is 4.52. The fraction of sp³-hybridized carbons (Fsp3) is 0.500. The number of hydrogen-bond donors (Lipinski definition) is 1. The van der Waals surface area contributed by atoms with Crippen LogP contribution in [-0.4, -0.2) is 60.5 Å². The molecule has 25 heavy (non-hydrogen) atoms. The number of anilines is 1. The largest absolute Gasteiger partial charge is 0.450 e. The molecule has 0 radical (unpaired) electrons. The van der Waals surface area contributed by atoms with E-state index < -0.39 is 0 Å². The van der Waals surface area contributed by atoms with E-state index in [1.54, 1.807) is 16.7 Å². The van der Waals surface area contributed by atoms with Crippen molar-refractivity contribution in [3.63, 3.8) is 0 Å². The van der Waals surface area contributed by atoms with E-state index in [1.807, 2.05) is 18.2 Å². The van der Waals surface area contributed by atoms with E-state index >= 15 is 0 Å².